The third kappa shape index (κ3) is 3.25. The predicted octanol–water partition coefficient (Wildman–Crippen LogP) is 1.75. The zero-order chi connectivity index (χ0) is 19.5. The number of benzene rings is 1. The maximum absolute atomic E-state index is 10.0. The van der Waals surface area contributed by atoms with Crippen molar-refractivity contribution in [1.82, 2.24) is 34.9 Å². The van der Waals surface area contributed by atoms with Crippen LogP contribution in [0.1, 0.15) is 0 Å². The summed E-state index contributed by atoms with van der Waals surface area (Å²) >= 11 is 0. The van der Waals surface area contributed by atoms with Crippen molar-refractivity contribution in [3.8, 4) is 17.2 Å². The molecule has 0 saturated carbocycles. The van der Waals surface area contributed by atoms with Gasteiger partial charge >= 0.3 is 0 Å². The standard InChI is InChI=1S/C16H15N9O3/c1-27-9-3-8(4-10(28-2)12(9)26)23-15-21-7-22-16(25-15)24-14-11-13(18-5-17-11)19-6-20-14/h3-7,26H,1-2H3,(H3,17,18,19,20,21,22,23,24,25). The number of hydrogen-bond donors (Lipinski definition) is 4. The molecule has 0 radical (unpaired) electrons. The van der Waals surface area contributed by atoms with Gasteiger partial charge in [-0.15, -0.1) is 0 Å². The molecule has 4 N–H and O–H groups in total. The number of nitrogens with zero attached hydrogens (tertiary/aromatic N) is 6. The molecule has 1 aromatic carbocycles. The van der Waals surface area contributed by atoms with Crippen LogP contribution in [0.25, 0.3) is 11.2 Å². The zero-order valence-corrected chi connectivity index (χ0v) is 14.8. The molecule has 0 saturated heterocycles. The van der Waals surface area contributed by atoms with Crippen LogP contribution in [0.15, 0.2) is 31.1 Å². The summed E-state index contributed by atoms with van der Waals surface area (Å²) in [5.74, 6) is 1.41. The van der Waals surface area contributed by atoms with E-state index in [4.69, 9.17) is 9.47 Å². The lowest BCUT2D eigenvalue weighted by atomic mass is 10.2. The quantitative estimate of drug-likeness (QED) is 0.361. The number of phenolic OH excluding ortho intramolecular Hbond substituents is 1. The lowest BCUT2D eigenvalue weighted by Gasteiger charge is -2.12. The minimum Gasteiger partial charge on any atom is -0.502 e. The number of methoxy groups -OCH3 is 2. The van der Waals surface area contributed by atoms with Gasteiger partial charge in [0.1, 0.15) is 18.2 Å². The van der Waals surface area contributed by atoms with Crippen LogP contribution in [0.5, 0.6) is 17.2 Å². The van der Waals surface area contributed by atoms with Crippen molar-refractivity contribution in [2.75, 3.05) is 24.9 Å². The van der Waals surface area contributed by atoms with Gasteiger partial charge in [-0.05, 0) is 0 Å². The molecular formula is C16H15N9O3. The van der Waals surface area contributed by atoms with Crippen LogP contribution >= 0.6 is 0 Å². The second-order valence-corrected chi connectivity index (χ2v) is 5.44. The first kappa shape index (κ1) is 17.2. The predicted molar refractivity (Wildman–Crippen MR) is 99.3 cm³/mol. The summed E-state index contributed by atoms with van der Waals surface area (Å²) in [6.45, 7) is 0. The van der Waals surface area contributed by atoms with E-state index in [1.54, 1.807) is 12.1 Å². The highest BCUT2D eigenvalue weighted by Gasteiger charge is 2.13. The highest BCUT2D eigenvalue weighted by Crippen LogP contribution is 2.39. The molecule has 4 rings (SSSR count). The van der Waals surface area contributed by atoms with Crippen molar-refractivity contribution in [2.45, 2.75) is 0 Å². The summed E-state index contributed by atoms with van der Waals surface area (Å²) in [7, 11) is 2.89. The number of phenols is 1. The Morgan fingerprint density at radius 1 is 0.893 bits per heavy atom. The molecule has 12 nitrogen and oxygen atoms in total. The molecule has 12 heteroatoms. The molecule has 0 aliphatic carbocycles. The highest BCUT2D eigenvalue weighted by atomic mass is 16.5. The molecule has 142 valence electrons. The van der Waals surface area contributed by atoms with Crippen LogP contribution in [0.2, 0.25) is 0 Å². The average Bonchev–Trinajstić information content (AvgIpc) is 3.19. The fraction of sp³-hybridized carbons (Fsp3) is 0.125. The summed E-state index contributed by atoms with van der Waals surface area (Å²) in [5, 5.41) is 16.0. The van der Waals surface area contributed by atoms with Crippen LogP contribution in [0, 0.1) is 0 Å². The number of nitrogens with one attached hydrogen (secondary N) is 3. The van der Waals surface area contributed by atoms with Crippen molar-refractivity contribution in [3.05, 3.63) is 31.1 Å². The Hall–Kier alpha value is -4.22. The number of aromatic amines is 1. The molecule has 0 aliphatic rings. The minimum atomic E-state index is -0.0964. The van der Waals surface area contributed by atoms with Crippen LogP contribution < -0.4 is 20.1 Å². The van der Waals surface area contributed by atoms with Crippen LogP contribution in [-0.2, 0) is 0 Å². The summed E-state index contributed by atoms with van der Waals surface area (Å²) in [6.07, 6.45) is 4.26. The Kier molecular flexibility index (Phi) is 4.42. The lowest BCUT2D eigenvalue weighted by molar-refractivity contribution is 0.340. The molecule has 28 heavy (non-hydrogen) atoms. The monoisotopic (exact) mass is 381 g/mol. The van der Waals surface area contributed by atoms with Crippen molar-refractivity contribution in [1.29, 1.82) is 0 Å². The van der Waals surface area contributed by atoms with Gasteiger partial charge in [-0.3, -0.25) is 0 Å². The van der Waals surface area contributed by atoms with E-state index in [1.807, 2.05) is 0 Å². The first-order valence-corrected chi connectivity index (χ1v) is 8.00. The van der Waals surface area contributed by atoms with Gasteiger partial charge in [-0.1, -0.05) is 0 Å². The van der Waals surface area contributed by atoms with Gasteiger partial charge in [-0.2, -0.15) is 4.98 Å². The van der Waals surface area contributed by atoms with Gasteiger partial charge in [0.25, 0.3) is 0 Å². The molecule has 0 unspecified atom stereocenters. The Bertz CT molecular complexity index is 1110. The number of aromatic nitrogens is 7. The first-order chi connectivity index (χ1) is 13.7. The van der Waals surface area contributed by atoms with E-state index in [-0.39, 0.29) is 29.1 Å². The Morgan fingerprint density at radius 3 is 2.29 bits per heavy atom. The smallest absolute Gasteiger partial charge is 0.233 e. The van der Waals surface area contributed by atoms with Crippen molar-refractivity contribution >= 4 is 34.6 Å². The van der Waals surface area contributed by atoms with E-state index < -0.39 is 0 Å². The fourth-order valence-electron chi connectivity index (χ4n) is 2.48. The molecule has 0 amide bonds. The SMILES string of the molecule is COc1cc(Nc2ncnc(Nc3ncnc4nc[nH]c34)n2)cc(OC)c1O. The third-order valence-electron chi connectivity index (χ3n) is 3.76. The molecule has 3 heterocycles. The Labute approximate surface area is 158 Å². The van der Waals surface area contributed by atoms with E-state index in [0.717, 1.165) is 0 Å². The maximum atomic E-state index is 10.0. The van der Waals surface area contributed by atoms with Crippen molar-refractivity contribution in [3.63, 3.8) is 0 Å². The van der Waals surface area contributed by atoms with Gasteiger partial charge < -0.3 is 30.2 Å². The Morgan fingerprint density at radius 2 is 1.57 bits per heavy atom. The van der Waals surface area contributed by atoms with Crippen LogP contribution in [0.4, 0.5) is 23.4 Å². The first-order valence-electron chi connectivity index (χ1n) is 8.00. The molecular weight excluding hydrogens is 366 g/mol. The minimum absolute atomic E-state index is 0.0964. The number of anilines is 4. The summed E-state index contributed by atoms with van der Waals surface area (Å²) in [5.41, 5.74) is 1.71. The lowest BCUT2D eigenvalue weighted by Crippen LogP contribution is -2.04. The highest BCUT2D eigenvalue weighted by molar-refractivity contribution is 5.83. The van der Waals surface area contributed by atoms with Gasteiger partial charge in [0.05, 0.1) is 20.5 Å². The normalized spacial score (nSPS) is 10.6. The molecule has 4 aromatic rings. The molecule has 0 atom stereocenters. The summed E-state index contributed by atoms with van der Waals surface area (Å²) in [4.78, 5) is 27.7. The number of ether oxygens (including phenoxy) is 2. The summed E-state index contributed by atoms with van der Waals surface area (Å²) in [6, 6.07) is 3.18. The van der Waals surface area contributed by atoms with Crippen molar-refractivity contribution in [2.24, 2.45) is 0 Å². The molecule has 0 bridgehead atoms. The van der Waals surface area contributed by atoms with Gasteiger partial charge in [-0.25, -0.2) is 24.9 Å². The van der Waals surface area contributed by atoms with Gasteiger partial charge in [0.2, 0.25) is 17.6 Å². The fourth-order valence-corrected chi connectivity index (χ4v) is 2.48. The largest absolute Gasteiger partial charge is 0.502 e. The molecule has 0 aliphatic heterocycles. The number of fused-ring (bicyclic) bond motifs is 1. The van der Waals surface area contributed by atoms with E-state index in [9.17, 15) is 5.11 Å². The van der Waals surface area contributed by atoms with E-state index in [1.165, 1.54) is 33.2 Å². The maximum Gasteiger partial charge on any atom is 0.233 e. The van der Waals surface area contributed by atoms with Gasteiger partial charge in [0, 0.05) is 17.8 Å². The van der Waals surface area contributed by atoms with E-state index >= 15 is 0 Å². The second-order valence-electron chi connectivity index (χ2n) is 5.44. The van der Waals surface area contributed by atoms with E-state index in [0.29, 0.717) is 22.7 Å². The van der Waals surface area contributed by atoms with E-state index in [2.05, 4.69) is 45.5 Å². The average molecular weight is 381 g/mol. The third-order valence-corrected chi connectivity index (χ3v) is 3.76. The van der Waals surface area contributed by atoms with Crippen LogP contribution in [-0.4, -0.2) is 54.2 Å². The zero-order valence-electron chi connectivity index (χ0n) is 14.8. The Balaban J connectivity index is 1.60. The molecule has 3 aromatic heterocycles. The van der Waals surface area contributed by atoms with Crippen molar-refractivity contribution < 1.29 is 14.6 Å². The molecule has 0 spiro atoms. The second kappa shape index (κ2) is 7.19. The molecule has 0 fully saturated rings. The number of H-pyrrole nitrogens is 1. The number of aromatic hydroxyl groups is 1. The van der Waals surface area contributed by atoms with Gasteiger partial charge in [0.15, 0.2) is 23.0 Å². The number of rotatable bonds is 6. The number of hydrogen-bond acceptors (Lipinski definition) is 11. The number of imidazole rings is 1. The topological polar surface area (TPSA) is 156 Å². The van der Waals surface area contributed by atoms with Crippen LogP contribution in [0.3, 0.4) is 0 Å². The summed E-state index contributed by atoms with van der Waals surface area (Å²) < 4.78 is 10.3.